The molecule has 1 nitrogen and oxygen atoms in total. The molecule has 2 aliphatic carbocycles. The van der Waals surface area contributed by atoms with Crippen LogP contribution in [0.3, 0.4) is 0 Å². The van der Waals surface area contributed by atoms with Gasteiger partial charge in [0.15, 0.2) is 0 Å². The van der Waals surface area contributed by atoms with Gasteiger partial charge in [0.1, 0.15) is 6.29 Å². The largest absolute Gasteiger partial charge is 0.298 e. The molecule has 0 aromatic heterocycles. The third kappa shape index (κ3) is 1.77. The maximum absolute atomic E-state index is 10.9. The SMILES string of the molecule is C/C(C=O)=C1\CCC2=CCC[C@@H](C)[C@]2(C)C1. The first kappa shape index (κ1) is 11.6. The van der Waals surface area contributed by atoms with Crippen molar-refractivity contribution in [3.63, 3.8) is 0 Å². The smallest absolute Gasteiger partial charge is 0.145 e. The van der Waals surface area contributed by atoms with E-state index in [-0.39, 0.29) is 0 Å². The molecule has 0 aromatic carbocycles. The topological polar surface area (TPSA) is 17.1 Å². The van der Waals surface area contributed by atoms with E-state index in [9.17, 15) is 4.79 Å². The predicted octanol–water partition coefficient (Wildman–Crippen LogP) is 4.05. The van der Waals surface area contributed by atoms with Gasteiger partial charge in [-0.05, 0) is 55.9 Å². The fourth-order valence-corrected chi connectivity index (χ4v) is 3.29. The summed E-state index contributed by atoms with van der Waals surface area (Å²) < 4.78 is 0. The molecule has 0 aliphatic heterocycles. The first-order valence-electron chi connectivity index (χ1n) is 6.41. The van der Waals surface area contributed by atoms with Crippen molar-refractivity contribution >= 4 is 6.29 Å². The predicted molar refractivity (Wildman–Crippen MR) is 67.2 cm³/mol. The first-order chi connectivity index (χ1) is 7.58. The highest BCUT2D eigenvalue weighted by Gasteiger charge is 2.39. The van der Waals surface area contributed by atoms with Crippen molar-refractivity contribution in [2.45, 2.75) is 52.9 Å². The fourth-order valence-electron chi connectivity index (χ4n) is 3.29. The molecule has 1 heteroatoms. The van der Waals surface area contributed by atoms with Gasteiger partial charge in [-0.2, -0.15) is 0 Å². The zero-order valence-corrected chi connectivity index (χ0v) is 10.7. The number of allylic oxidation sites excluding steroid dienone is 4. The molecule has 0 unspecified atom stereocenters. The van der Waals surface area contributed by atoms with E-state index in [4.69, 9.17) is 0 Å². The van der Waals surface area contributed by atoms with E-state index < -0.39 is 0 Å². The highest BCUT2D eigenvalue weighted by molar-refractivity contribution is 5.73. The van der Waals surface area contributed by atoms with Crippen LogP contribution in [0.4, 0.5) is 0 Å². The third-order valence-electron chi connectivity index (χ3n) is 4.82. The minimum atomic E-state index is 0.329. The van der Waals surface area contributed by atoms with Crippen molar-refractivity contribution in [2.75, 3.05) is 0 Å². The highest BCUT2D eigenvalue weighted by atomic mass is 16.1. The second kappa shape index (κ2) is 4.20. The quantitative estimate of drug-likeness (QED) is 0.368. The summed E-state index contributed by atoms with van der Waals surface area (Å²) in [5, 5.41) is 0. The molecule has 0 heterocycles. The number of aldehydes is 1. The Hall–Kier alpha value is -0.850. The number of carbonyl (C=O) groups excluding carboxylic acids is 1. The van der Waals surface area contributed by atoms with E-state index in [1.54, 1.807) is 5.57 Å². The Balaban J connectivity index is 2.33. The van der Waals surface area contributed by atoms with Gasteiger partial charge in [-0.1, -0.05) is 31.1 Å². The van der Waals surface area contributed by atoms with Crippen molar-refractivity contribution in [2.24, 2.45) is 11.3 Å². The fraction of sp³-hybridized carbons (Fsp3) is 0.667. The van der Waals surface area contributed by atoms with Crippen LogP contribution in [0.5, 0.6) is 0 Å². The van der Waals surface area contributed by atoms with Crippen LogP contribution < -0.4 is 0 Å². The molecule has 2 aliphatic rings. The molecule has 2 atom stereocenters. The van der Waals surface area contributed by atoms with Crippen molar-refractivity contribution < 1.29 is 4.79 Å². The molecule has 2 rings (SSSR count). The van der Waals surface area contributed by atoms with E-state index in [0.717, 1.165) is 30.6 Å². The molecule has 0 spiro atoms. The second-order valence-corrected chi connectivity index (χ2v) is 5.71. The standard InChI is InChI=1S/C15H22O/c1-11(10-16)13-7-8-14-6-4-5-12(2)15(14,3)9-13/h6,10,12H,4-5,7-9H2,1-3H3/b13-11-/t12-,15+/m1/s1. The Morgan fingerprint density at radius 1 is 1.50 bits per heavy atom. The molecule has 1 fully saturated rings. The van der Waals surface area contributed by atoms with Gasteiger partial charge in [-0.3, -0.25) is 4.79 Å². The maximum atomic E-state index is 10.9. The molecule has 0 saturated heterocycles. The Kier molecular flexibility index (Phi) is 3.05. The van der Waals surface area contributed by atoms with Crippen molar-refractivity contribution in [1.29, 1.82) is 0 Å². The Bertz CT molecular complexity index is 362. The molecule has 16 heavy (non-hydrogen) atoms. The Morgan fingerprint density at radius 3 is 2.94 bits per heavy atom. The maximum Gasteiger partial charge on any atom is 0.145 e. The summed E-state index contributed by atoms with van der Waals surface area (Å²) in [6, 6.07) is 0. The van der Waals surface area contributed by atoms with Gasteiger partial charge in [0, 0.05) is 0 Å². The lowest BCUT2D eigenvalue weighted by Gasteiger charge is -2.45. The minimum Gasteiger partial charge on any atom is -0.298 e. The van der Waals surface area contributed by atoms with Gasteiger partial charge in [0.25, 0.3) is 0 Å². The third-order valence-corrected chi connectivity index (χ3v) is 4.82. The van der Waals surface area contributed by atoms with Gasteiger partial charge >= 0.3 is 0 Å². The zero-order valence-electron chi connectivity index (χ0n) is 10.7. The second-order valence-electron chi connectivity index (χ2n) is 5.71. The van der Waals surface area contributed by atoms with Gasteiger partial charge in [-0.15, -0.1) is 0 Å². The molecular weight excluding hydrogens is 196 g/mol. The summed E-state index contributed by atoms with van der Waals surface area (Å²) >= 11 is 0. The van der Waals surface area contributed by atoms with E-state index in [0.29, 0.717) is 5.41 Å². The lowest BCUT2D eigenvalue weighted by Crippen LogP contribution is -2.34. The Labute approximate surface area is 98.6 Å². The molecule has 1 saturated carbocycles. The molecule has 0 radical (unpaired) electrons. The van der Waals surface area contributed by atoms with Gasteiger partial charge in [0.05, 0.1) is 0 Å². The van der Waals surface area contributed by atoms with Crippen molar-refractivity contribution in [1.82, 2.24) is 0 Å². The Morgan fingerprint density at radius 2 is 2.25 bits per heavy atom. The molecule has 0 amide bonds. The molecular formula is C15H22O. The summed E-state index contributed by atoms with van der Waals surface area (Å²) in [6.07, 6.45) is 9.39. The van der Waals surface area contributed by atoms with E-state index in [1.165, 1.54) is 24.8 Å². The number of carbonyl (C=O) groups is 1. The molecule has 0 bridgehead atoms. The monoisotopic (exact) mass is 218 g/mol. The summed E-state index contributed by atoms with van der Waals surface area (Å²) in [5.74, 6) is 0.752. The van der Waals surface area contributed by atoms with E-state index >= 15 is 0 Å². The zero-order chi connectivity index (χ0) is 11.8. The normalized spacial score (nSPS) is 37.4. The molecule has 0 aromatic rings. The summed E-state index contributed by atoms with van der Waals surface area (Å²) in [5.41, 5.74) is 4.34. The average Bonchev–Trinajstić information content (AvgIpc) is 2.29. The number of hydrogen-bond acceptors (Lipinski definition) is 1. The molecule has 88 valence electrons. The van der Waals surface area contributed by atoms with Crippen LogP contribution in [0.15, 0.2) is 22.8 Å². The van der Waals surface area contributed by atoms with Gasteiger partial charge in [0.2, 0.25) is 0 Å². The lowest BCUT2D eigenvalue weighted by atomic mass is 9.59. The van der Waals surface area contributed by atoms with Crippen LogP contribution in [-0.2, 0) is 4.79 Å². The number of hydrogen-bond donors (Lipinski definition) is 0. The van der Waals surface area contributed by atoms with Gasteiger partial charge < -0.3 is 0 Å². The summed E-state index contributed by atoms with van der Waals surface area (Å²) in [4.78, 5) is 10.9. The van der Waals surface area contributed by atoms with E-state index in [1.807, 2.05) is 6.92 Å². The van der Waals surface area contributed by atoms with Gasteiger partial charge in [-0.25, -0.2) is 0 Å². The molecule has 0 N–H and O–H groups in total. The summed E-state index contributed by atoms with van der Waals surface area (Å²) in [7, 11) is 0. The first-order valence-corrected chi connectivity index (χ1v) is 6.41. The minimum absolute atomic E-state index is 0.329. The van der Waals surface area contributed by atoms with Crippen LogP contribution >= 0.6 is 0 Å². The van der Waals surface area contributed by atoms with Crippen LogP contribution in [0.1, 0.15) is 52.9 Å². The number of rotatable bonds is 1. The summed E-state index contributed by atoms with van der Waals surface area (Å²) in [6.45, 7) is 6.72. The van der Waals surface area contributed by atoms with Crippen molar-refractivity contribution in [3.8, 4) is 0 Å². The van der Waals surface area contributed by atoms with Crippen LogP contribution in [0.2, 0.25) is 0 Å². The highest BCUT2D eigenvalue weighted by Crippen LogP contribution is 2.52. The number of fused-ring (bicyclic) bond motifs is 1. The van der Waals surface area contributed by atoms with Crippen LogP contribution in [0.25, 0.3) is 0 Å². The van der Waals surface area contributed by atoms with E-state index in [2.05, 4.69) is 19.9 Å². The van der Waals surface area contributed by atoms with Crippen LogP contribution in [-0.4, -0.2) is 6.29 Å². The van der Waals surface area contributed by atoms with Crippen LogP contribution in [0, 0.1) is 11.3 Å². The lowest BCUT2D eigenvalue weighted by molar-refractivity contribution is -0.104. The average molecular weight is 218 g/mol. The van der Waals surface area contributed by atoms with Crippen molar-refractivity contribution in [3.05, 3.63) is 22.8 Å².